The van der Waals surface area contributed by atoms with Crippen LogP contribution in [-0.2, 0) is 20.4 Å². The molecule has 0 saturated carbocycles. The summed E-state index contributed by atoms with van der Waals surface area (Å²) in [6.07, 6.45) is 0.780. The van der Waals surface area contributed by atoms with Crippen LogP contribution in [0.3, 0.4) is 0 Å². The van der Waals surface area contributed by atoms with Crippen LogP contribution in [0.25, 0.3) is 10.9 Å². The third-order valence-electron chi connectivity index (χ3n) is 10.1. The highest BCUT2D eigenvalue weighted by Gasteiger charge is 2.36. The van der Waals surface area contributed by atoms with Gasteiger partial charge in [-0.05, 0) is 79.6 Å². The van der Waals surface area contributed by atoms with Crippen molar-refractivity contribution in [2.24, 2.45) is 4.99 Å². The largest absolute Gasteiger partial charge is 0.494 e. The van der Waals surface area contributed by atoms with Crippen molar-refractivity contribution < 1.29 is 23.9 Å². The molecule has 5 rings (SSSR count). The minimum absolute atomic E-state index is 0.0337. The van der Waals surface area contributed by atoms with E-state index in [4.69, 9.17) is 14.2 Å². The Bertz CT molecular complexity index is 1840. The van der Waals surface area contributed by atoms with Crippen molar-refractivity contribution in [3.05, 3.63) is 89.0 Å². The number of methoxy groups -OCH3 is 1. The van der Waals surface area contributed by atoms with Gasteiger partial charge >= 0.3 is 5.97 Å². The van der Waals surface area contributed by atoms with Crippen LogP contribution in [0.1, 0.15) is 47.8 Å². The summed E-state index contributed by atoms with van der Waals surface area (Å²) < 4.78 is 11.4. The normalized spacial score (nSPS) is 15.0. The van der Waals surface area contributed by atoms with Gasteiger partial charge in [-0.1, -0.05) is 45.0 Å². The number of hydrogen-bond donors (Lipinski definition) is 2. The first-order valence-corrected chi connectivity index (χ1v) is 20.1. The number of benzene rings is 3. The molecule has 0 atom stereocenters. The number of H-pyrrole nitrogens is 1. The van der Waals surface area contributed by atoms with Crippen molar-refractivity contribution in [1.82, 2.24) is 14.8 Å². The number of rotatable bonds is 11. The molecule has 1 aromatic heterocycles. The molecule has 50 heavy (non-hydrogen) atoms. The van der Waals surface area contributed by atoms with Gasteiger partial charge in [0, 0.05) is 62.0 Å². The maximum Gasteiger partial charge on any atom is 0.337 e. The quantitative estimate of drug-likeness (QED) is 0.103. The highest BCUT2D eigenvalue weighted by molar-refractivity contribution is 6.74. The van der Waals surface area contributed by atoms with Gasteiger partial charge in [-0.2, -0.15) is 0 Å². The summed E-state index contributed by atoms with van der Waals surface area (Å²) in [6.45, 7) is 15.9. The molecule has 1 fully saturated rings. The Morgan fingerprint density at radius 1 is 0.960 bits per heavy atom. The van der Waals surface area contributed by atoms with E-state index in [0.29, 0.717) is 46.6 Å². The van der Waals surface area contributed by atoms with Gasteiger partial charge in [0.15, 0.2) is 14.2 Å². The number of esters is 1. The van der Waals surface area contributed by atoms with Gasteiger partial charge in [-0.25, -0.2) is 9.79 Å². The lowest BCUT2D eigenvalue weighted by Crippen LogP contribution is -2.48. The number of piperazine rings is 1. The molecule has 0 bridgehead atoms. The zero-order valence-electron chi connectivity index (χ0n) is 30.7. The number of aromatic hydroxyl groups is 1. The molecular weight excluding hydrogens is 647 g/mol. The minimum atomic E-state index is -1.85. The standard InChI is InChI=1S/C39H51N5O5Si/c1-39(2,3)50(7,8)49-24-19-27-9-11-28(12-10-27)36(35-32-25-29(38(47)48-6)13-18-33(32)41-37(35)46)40-30-14-16-31(17-15-30)43(5)34(45)26-44-22-20-42(4)21-23-44/h9-18,25,41,46H,19-24,26H2,1-8H3. The number of ether oxygens (including phenoxy) is 1. The number of nitrogens with zero attached hydrogens (tertiary/aromatic N) is 4. The van der Waals surface area contributed by atoms with Crippen LogP contribution in [0.2, 0.25) is 18.1 Å². The van der Waals surface area contributed by atoms with Crippen LogP contribution >= 0.6 is 0 Å². The number of hydrogen-bond acceptors (Lipinski definition) is 8. The molecule has 0 unspecified atom stereocenters. The monoisotopic (exact) mass is 697 g/mol. The molecule has 11 heteroatoms. The summed E-state index contributed by atoms with van der Waals surface area (Å²) in [5.41, 5.74) is 5.38. The van der Waals surface area contributed by atoms with Crippen molar-refractivity contribution in [2.45, 2.75) is 45.3 Å². The Balaban J connectivity index is 1.45. The molecule has 3 aromatic carbocycles. The predicted octanol–water partition coefficient (Wildman–Crippen LogP) is 6.60. The van der Waals surface area contributed by atoms with Crippen molar-refractivity contribution in [3.63, 3.8) is 0 Å². The zero-order chi connectivity index (χ0) is 36.2. The van der Waals surface area contributed by atoms with Gasteiger partial charge in [-0.3, -0.25) is 9.69 Å². The van der Waals surface area contributed by atoms with Gasteiger partial charge in [0.05, 0.1) is 36.2 Å². The van der Waals surface area contributed by atoms with E-state index in [9.17, 15) is 14.7 Å². The molecule has 0 radical (unpaired) electrons. The molecule has 2 N–H and O–H groups in total. The Labute approximate surface area is 296 Å². The van der Waals surface area contributed by atoms with Crippen molar-refractivity contribution in [2.75, 3.05) is 65.4 Å². The molecule has 0 spiro atoms. The maximum absolute atomic E-state index is 13.1. The first-order valence-electron chi connectivity index (χ1n) is 17.2. The van der Waals surface area contributed by atoms with E-state index in [1.807, 2.05) is 36.4 Å². The number of nitrogens with one attached hydrogen (secondary N) is 1. The molecular formula is C39H51N5O5Si. The summed E-state index contributed by atoms with van der Waals surface area (Å²) >= 11 is 0. The molecule has 1 aliphatic heterocycles. The Hall–Kier alpha value is -4.29. The zero-order valence-corrected chi connectivity index (χ0v) is 31.7. The van der Waals surface area contributed by atoms with E-state index in [1.165, 1.54) is 7.11 Å². The predicted molar refractivity (Wildman–Crippen MR) is 204 cm³/mol. The number of carbonyl (C=O) groups is 2. The molecule has 1 amide bonds. The molecule has 266 valence electrons. The summed E-state index contributed by atoms with van der Waals surface area (Å²) in [7, 11) is 3.38. The van der Waals surface area contributed by atoms with Crippen molar-refractivity contribution in [1.29, 1.82) is 0 Å². The maximum atomic E-state index is 13.1. The second kappa shape index (κ2) is 15.3. The number of aromatic nitrogens is 1. The highest BCUT2D eigenvalue weighted by atomic mass is 28.4. The van der Waals surface area contributed by atoms with E-state index in [-0.39, 0.29) is 16.8 Å². The van der Waals surface area contributed by atoms with Gasteiger partial charge in [0.25, 0.3) is 0 Å². The average molecular weight is 698 g/mol. The fourth-order valence-electron chi connectivity index (χ4n) is 5.72. The summed E-state index contributed by atoms with van der Waals surface area (Å²) in [5.74, 6) is -0.493. The van der Waals surface area contributed by atoms with E-state index in [1.54, 1.807) is 30.1 Å². The summed E-state index contributed by atoms with van der Waals surface area (Å²) in [4.78, 5) is 39.8. The topological polar surface area (TPSA) is 111 Å². The minimum Gasteiger partial charge on any atom is -0.494 e. The van der Waals surface area contributed by atoms with Gasteiger partial charge in [0.2, 0.25) is 5.91 Å². The third kappa shape index (κ3) is 8.52. The lowest BCUT2D eigenvalue weighted by atomic mass is 9.98. The molecule has 4 aromatic rings. The Morgan fingerprint density at radius 2 is 1.60 bits per heavy atom. The second-order valence-electron chi connectivity index (χ2n) is 14.7. The third-order valence-corrected chi connectivity index (χ3v) is 14.7. The number of carbonyl (C=O) groups excluding carboxylic acids is 2. The van der Waals surface area contributed by atoms with Crippen LogP contribution in [0.15, 0.2) is 71.7 Å². The molecule has 10 nitrogen and oxygen atoms in total. The molecule has 0 aliphatic carbocycles. The fraction of sp³-hybridized carbons (Fsp3) is 0.410. The first kappa shape index (κ1) is 37.0. The summed E-state index contributed by atoms with van der Waals surface area (Å²) in [5, 5.41) is 12.0. The Morgan fingerprint density at radius 3 is 2.22 bits per heavy atom. The van der Waals surface area contributed by atoms with Crippen LogP contribution < -0.4 is 4.90 Å². The lowest BCUT2D eigenvalue weighted by Gasteiger charge is -2.36. The highest BCUT2D eigenvalue weighted by Crippen LogP contribution is 2.37. The fourth-order valence-corrected chi connectivity index (χ4v) is 6.77. The smallest absolute Gasteiger partial charge is 0.337 e. The average Bonchev–Trinajstić information content (AvgIpc) is 3.42. The molecule has 1 saturated heterocycles. The van der Waals surface area contributed by atoms with Crippen LogP contribution in [0, 0.1) is 0 Å². The summed E-state index contributed by atoms with van der Waals surface area (Å²) in [6, 6.07) is 20.8. The van der Waals surface area contributed by atoms with Crippen LogP contribution in [0.4, 0.5) is 11.4 Å². The Kier molecular flexibility index (Phi) is 11.3. The number of amides is 1. The van der Waals surface area contributed by atoms with Gasteiger partial charge < -0.3 is 29.1 Å². The van der Waals surface area contributed by atoms with Crippen molar-refractivity contribution >= 4 is 48.2 Å². The van der Waals surface area contributed by atoms with E-state index in [2.05, 4.69) is 67.8 Å². The first-order chi connectivity index (χ1) is 23.7. The number of likely N-dealkylation sites (N-methyl/N-ethyl adjacent to an activating group) is 2. The number of aliphatic imine (C=N–C) groups is 1. The molecule has 1 aliphatic rings. The van der Waals surface area contributed by atoms with Gasteiger partial charge in [0.1, 0.15) is 0 Å². The van der Waals surface area contributed by atoms with E-state index in [0.717, 1.165) is 49.4 Å². The van der Waals surface area contributed by atoms with E-state index < -0.39 is 14.3 Å². The number of fused-ring (bicyclic) bond motifs is 1. The number of anilines is 1. The van der Waals surface area contributed by atoms with Crippen LogP contribution in [-0.4, -0.2) is 106 Å². The molecule has 2 heterocycles. The van der Waals surface area contributed by atoms with E-state index >= 15 is 0 Å². The second-order valence-corrected chi connectivity index (χ2v) is 19.5. The SMILES string of the molecule is COC(=O)c1ccc2[nH]c(O)c(C(=Nc3ccc(N(C)C(=O)CN4CCN(C)CC4)cc3)c3ccc(CCO[Si](C)(C)C(C)(C)C)cc3)c2c1. The number of aromatic amines is 1. The van der Waals surface area contributed by atoms with Gasteiger partial charge in [-0.15, -0.1) is 0 Å². The van der Waals surface area contributed by atoms with Crippen molar-refractivity contribution in [3.8, 4) is 5.88 Å². The lowest BCUT2D eigenvalue weighted by molar-refractivity contribution is -0.119. The van der Waals surface area contributed by atoms with Crippen LogP contribution in [0.5, 0.6) is 5.88 Å².